The summed E-state index contributed by atoms with van der Waals surface area (Å²) in [7, 11) is 0. The first-order valence-electron chi connectivity index (χ1n) is 4.07. The lowest BCUT2D eigenvalue weighted by atomic mass is 10.1. The molecule has 1 aromatic rings. The van der Waals surface area contributed by atoms with Gasteiger partial charge in [0.15, 0.2) is 0 Å². The Kier molecular flexibility index (Phi) is 1.91. The van der Waals surface area contributed by atoms with Gasteiger partial charge in [0.25, 0.3) is 0 Å². The standard InChI is InChI=1S/C8H11N4/c1-7-6-8(2-3-9-7)12-5-4-10-11-12/h2,5,7,9H,3,6H2,1H3. The van der Waals surface area contributed by atoms with Gasteiger partial charge in [-0.25, -0.2) is 4.68 Å². The predicted octanol–water partition coefficient (Wildman–Crippen LogP) is 0.301. The Morgan fingerprint density at radius 3 is 3.33 bits per heavy atom. The van der Waals surface area contributed by atoms with Gasteiger partial charge in [0.1, 0.15) is 6.20 Å². The smallest absolute Gasteiger partial charge is 0.135 e. The van der Waals surface area contributed by atoms with Crippen molar-refractivity contribution < 1.29 is 0 Å². The van der Waals surface area contributed by atoms with Crippen molar-refractivity contribution in [2.24, 2.45) is 0 Å². The van der Waals surface area contributed by atoms with Gasteiger partial charge in [-0.2, -0.15) is 0 Å². The van der Waals surface area contributed by atoms with Gasteiger partial charge in [-0.3, -0.25) is 0 Å². The van der Waals surface area contributed by atoms with E-state index in [4.69, 9.17) is 0 Å². The summed E-state index contributed by atoms with van der Waals surface area (Å²) < 4.78 is 1.78. The molecule has 0 saturated carbocycles. The van der Waals surface area contributed by atoms with E-state index in [0.29, 0.717) is 6.04 Å². The fraction of sp³-hybridized carbons (Fsp3) is 0.500. The molecule has 1 aliphatic rings. The summed E-state index contributed by atoms with van der Waals surface area (Å²) in [5, 5.41) is 10.9. The van der Waals surface area contributed by atoms with Crippen molar-refractivity contribution in [2.45, 2.75) is 19.4 Å². The highest BCUT2D eigenvalue weighted by Crippen LogP contribution is 2.13. The number of aromatic nitrogens is 3. The first-order chi connectivity index (χ1) is 5.86. The summed E-state index contributed by atoms with van der Waals surface area (Å²) >= 11 is 0. The zero-order valence-corrected chi connectivity index (χ0v) is 6.99. The van der Waals surface area contributed by atoms with Gasteiger partial charge in [-0.05, 0) is 13.0 Å². The highest BCUT2D eigenvalue weighted by molar-refractivity contribution is 5.45. The molecule has 0 amide bonds. The molecule has 0 spiro atoms. The molecule has 0 aromatic carbocycles. The van der Waals surface area contributed by atoms with Crippen molar-refractivity contribution in [3.63, 3.8) is 0 Å². The Morgan fingerprint density at radius 1 is 1.75 bits per heavy atom. The molecule has 4 heteroatoms. The zero-order chi connectivity index (χ0) is 8.39. The van der Waals surface area contributed by atoms with Gasteiger partial charge in [0, 0.05) is 24.7 Å². The molecule has 63 valence electrons. The Morgan fingerprint density at radius 2 is 2.67 bits per heavy atom. The van der Waals surface area contributed by atoms with Gasteiger partial charge in [0.2, 0.25) is 0 Å². The van der Waals surface area contributed by atoms with E-state index in [1.807, 2.05) is 0 Å². The van der Waals surface area contributed by atoms with Crippen LogP contribution in [0.15, 0.2) is 12.3 Å². The molecule has 1 unspecified atom stereocenters. The Balaban J connectivity index is 2.19. The van der Waals surface area contributed by atoms with Crippen LogP contribution >= 0.6 is 0 Å². The minimum atomic E-state index is 0.522. The monoisotopic (exact) mass is 163 g/mol. The molecule has 1 aromatic heterocycles. The molecule has 2 rings (SSSR count). The molecule has 1 aliphatic heterocycles. The first-order valence-corrected chi connectivity index (χ1v) is 4.07. The third-order valence-electron chi connectivity index (χ3n) is 1.99. The van der Waals surface area contributed by atoms with Crippen LogP contribution in [0, 0.1) is 6.20 Å². The average Bonchev–Trinajstić information content (AvgIpc) is 2.56. The van der Waals surface area contributed by atoms with Crippen LogP contribution in [0.1, 0.15) is 13.3 Å². The quantitative estimate of drug-likeness (QED) is 0.647. The van der Waals surface area contributed by atoms with Crippen LogP contribution in [0.5, 0.6) is 0 Å². The van der Waals surface area contributed by atoms with Crippen LogP contribution in [-0.4, -0.2) is 27.6 Å². The SMILES string of the molecule is CC1CC(n2c[c]nn2)=CCN1. The number of nitrogens with zero attached hydrogens (tertiary/aromatic N) is 3. The van der Waals surface area contributed by atoms with E-state index in [0.717, 1.165) is 13.0 Å². The van der Waals surface area contributed by atoms with Gasteiger partial charge in [-0.15, -0.1) is 5.10 Å². The fourth-order valence-electron chi connectivity index (χ4n) is 1.35. The lowest BCUT2D eigenvalue weighted by molar-refractivity contribution is 0.559. The van der Waals surface area contributed by atoms with Crippen molar-refractivity contribution >= 4 is 5.70 Å². The van der Waals surface area contributed by atoms with E-state index < -0.39 is 0 Å². The van der Waals surface area contributed by atoms with E-state index >= 15 is 0 Å². The molecule has 0 aliphatic carbocycles. The van der Waals surface area contributed by atoms with Crippen molar-refractivity contribution in [3.05, 3.63) is 18.5 Å². The van der Waals surface area contributed by atoms with Crippen LogP contribution in [-0.2, 0) is 0 Å². The fourth-order valence-corrected chi connectivity index (χ4v) is 1.35. The Bertz CT molecular complexity index is 275. The van der Waals surface area contributed by atoms with Crippen LogP contribution < -0.4 is 5.32 Å². The van der Waals surface area contributed by atoms with Gasteiger partial charge in [0.05, 0.1) is 6.20 Å². The Hall–Kier alpha value is -1.16. The van der Waals surface area contributed by atoms with Crippen LogP contribution in [0.25, 0.3) is 5.70 Å². The molecular weight excluding hydrogens is 152 g/mol. The molecule has 1 radical (unpaired) electrons. The number of hydrogen-bond donors (Lipinski definition) is 1. The maximum Gasteiger partial charge on any atom is 0.135 e. The van der Waals surface area contributed by atoms with E-state index in [1.54, 1.807) is 10.9 Å². The summed E-state index contributed by atoms with van der Waals surface area (Å²) in [6, 6.07) is 0.522. The first kappa shape index (κ1) is 7.49. The second kappa shape index (κ2) is 3.06. The largest absolute Gasteiger partial charge is 0.310 e. The summed E-state index contributed by atoms with van der Waals surface area (Å²) in [4.78, 5) is 0. The molecule has 0 bridgehead atoms. The number of rotatable bonds is 1. The van der Waals surface area contributed by atoms with Crippen molar-refractivity contribution in [2.75, 3.05) is 6.54 Å². The average molecular weight is 163 g/mol. The minimum Gasteiger partial charge on any atom is -0.310 e. The van der Waals surface area contributed by atoms with Crippen LogP contribution in [0.2, 0.25) is 0 Å². The lowest BCUT2D eigenvalue weighted by Gasteiger charge is -2.19. The normalized spacial score (nSPS) is 23.8. The topological polar surface area (TPSA) is 42.7 Å². The molecule has 12 heavy (non-hydrogen) atoms. The third kappa shape index (κ3) is 1.38. The molecule has 1 atom stereocenters. The summed E-state index contributed by atoms with van der Waals surface area (Å²) in [5.41, 5.74) is 1.20. The highest BCUT2D eigenvalue weighted by atomic mass is 15.4. The van der Waals surface area contributed by atoms with Gasteiger partial charge >= 0.3 is 0 Å². The molecule has 1 N–H and O–H groups in total. The maximum absolute atomic E-state index is 3.89. The predicted molar refractivity (Wildman–Crippen MR) is 45.2 cm³/mol. The number of hydrogen-bond acceptors (Lipinski definition) is 3. The Labute approximate surface area is 71.3 Å². The van der Waals surface area contributed by atoms with E-state index in [2.05, 4.69) is 34.8 Å². The minimum absolute atomic E-state index is 0.522. The molecule has 2 heterocycles. The van der Waals surface area contributed by atoms with Crippen LogP contribution in [0.4, 0.5) is 0 Å². The van der Waals surface area contributed by atoms with Crippen LogP contribution in [0.3, 0.4) is 0 Å². The molecule has 4 nitrogen and oxygen atoms in total. The van der Waals surface area contributed by atoms with Crippen molar-refractivity contribution in [3.8, 4) is 0 Å². The summed E-state index contributed by atoms with van der Waals surface area (Å²) in [6.07, 6.45) is 7.56. The summed E-state index contributed by atoms with van der Waals surface area (Å²) in [6.45, 7) is 3.07. The van der Waals surface area contributed by atoms with E-state index in [9.17, 15) is 0 Å². The maximum atomic E-state index is 3.89. The van der Waals surface area contributed by atoms with E-state index in [-0.39, 0.29) is 0 Å². The molecule has 0 fully saturated rings. The zero-order valence-electron chi connectivity index (χ0n) is 6.99. The van der Waals surface area contributed by atoms with Gasteiger partial charge in [-0.1, -0.05) is 5.21 Å². The van der Waals surface area contributed by atoms with E-state index in [1.165, 1.54) is 5.70 Å². The second-order valence-corrected chi connectivity index (χ2v) is 3.00. The molecule has 0 saturated heterocycles. The van der Waals surface area contributed by atoms with Gasteiger partial charge < -0.3 is 5.32 Å². The van der Waals surface area contributed by atoms with Crippen molar-refractivity contribution in [1.82, 2.24) is 20.3 Å². The molecular formula is C8H11N4. The second-order valence-electron chi connectivity index (χ2n) is 3.00. The summed E-state index contributed by atoms with van der Waals surface area (Å²) in [5.74, 6) is 0. The highest BCUT2D eigenvalue weighted by Gasteiger charge is 2.11. The lowest BCUT2D eigenvalue weighted by Crippen LogP contribution is -2.31. The van der Waals surface area contributed by atoms with Crippen molar-refractivity contribution in [1.29, 1.82) is 0 Å². The number of nitrogens with one attached hydrogen (secondary N) is 1. The third-order valence-corrected chi connectivity index (χ3v) is 1.99.